The quantitative estimate of drug-likeness (QED) is 0.573. The van der Waals surface area contributed by atoms with E-state index in [-0.39, 0.29) is 5.91 Å². The molecule has 0 unspecified atom stereocenters. The lowest BCUT2D eigenvalue weighted by molar-refractivity contribution is -0.113. The van der Waals surface area contributed by atoms with Gasteiger partial charge in [0.1, 0.15) is 5.82 Å². The maximum Gasteiger partial charge on any atom is 0.234 e. The van der Waals surface area contributed by atoms with Crippen molar-refractivity contribution in [3.05, 3.63) is 42.7 Å². The SMILES string of the molecule is C=CCn1c(SCC(=O)Nc2ccc(SC)cc2)nnc1C1CC1. The van der Waals surface area contributed by atoms with Gasteiger partial charge < -0.3 is 9.88 Å². The minimum Gasteiger partial charge on any atom is -0.325 e. The molecule has 0 saturated heterocycles. The molecule has 24 heavy (non-hydrogen) atoms. The Bertz CT molecular complexity index is 723. The molecule has 1 heterocycles. The first-order chi connectivity index (χ1) is 11.7. The van der Waals surface area contributed by atoms with Gasteiger partial charge in [-0.15, -0.1) is 28.5 Å². The van der Waals surface area contributed by atoms with E-state index < -0.39 is 0 Å². The van der Waals surface area contributed by atoms with Crippen LogP contribution in [0.1, 0.15) is 24.6 Å². The van der Waals surface area contributed by atoms with Crippen molar-refractivity contribution in [2.24, 2.45) is 0 Å². The summed E-state index contributed by atoms with van der Waals surface area (Å²) in [7, 11) is 0. The number of carbonyl (C=O) groups excluding carboxylic acids is 1. The van der Waals surface area contributed by atoms with E-state index in [0.717, 1.165) is 16.7 Å². The van der Waals surface area contributed by atoms with Crippen LogP contribution in [0.4, 0.5) is 5.69 Å². The highest BCUT2D eigenvalue weighted by Gasteiger charge is 2.30. The van der Waals surface area contributed by atoms with E-state index >= 15 is 0 Å². The highest BCUT2D eigenvalue weighted by Crippen LogP contribution is 2.40. The average Bonchev–Trinajstić information content (AvgIpc) is 3.36. The Kier molecular flexibility index (Phi) is 5.63. The predicted octanol–water partition coefficient (Wildman–Crippen LogP) is 3.79. The second-order valence-electron chi connectivity index (χ2n) is 5.58. The van der Waals surface area contributed by atoms with Crippen LogP contribution < -0.4 is 5.32 Å². The first kappa shape index (κ1) is 17.1. The number of thioether (sulfide) groups is 2. The Morgan fingerprint density at radius 3 is 2.75 bits per heavy atom. The van der Waals surface area contributed by atoms with Gasteiger partial charge in [-0.3, -0.25) is 4.79 Å². The molecular formula is C17H20N4OS2. The van der Waals surface area contributed by atoms with Crippen molar-refractivity contribution < 1.29 is 4.79 Å². The zero-order valence-electron chi connectivity index (χ0n) is 13.6. The Labute approximate surface area is 150 Å². The van der Waals surface area contributed by atoms with Gasteiger partial charge in [0, 0.05) is 23.0 Å². The molecule has 126 valence electrons. The number of amides is 1. The Balaban J connectivity index is 1.58. The molecule has 3 rings (SSSR count). The molecule has 1 saturated carbocycles. The summed E-state index contributed by atoms with van der Waals surface area (Å²) in [6.45, 7) is 4.48. The number of rotatable bonds is 8. The molecule has 1 aliphatic rings. The van der Waals surface area contributed by atoms with Crippen LogP contribution in [-0.2, 0) is 11.3 Å². The third-order valence-corrected chi connectivity index (χ3v) is 5.42. The monoisotopic (exact) mass is 360 g/mol. The van der Waals surface area contributed by atoms with Crippen LogP contribution in [0.3, 0.4) is 0 Å². The number of hydrogen-bond donors (Lipinski definition) is 1. The fourth-order valence-electron chi connectivity index (χ4n) is 2.35. The van der Waals surface area contributed by atoms with E-state index in [1.807, 2.05) is 36.6 Å². The number of benzene rings is 1. The van der Waals surface area contributed by atoms with Gasteiger partial charge in [0.05, 0.1) is 5.75 Å². The normalized spacial score (nSPS) is 13.7. The van der Waals surface area contributed by atoms with Gasteiger partial charge in [-0.05, 0) is 43.4 Å². The number of hydrogen-bond acceptors (Lipinski definition) is 5. The van der Waals surface area contributed by atoms with E-state index in [4.69, 9.17) is 0 Å². The number of allylic oxidation sites excluding steroid dienone is 1. The number of aromatic nitrogens is 3. The fourth-order valence-corrected chi connectivity index (χ4v) is 3.52. The Morgan fingerprint density at radius 2 is 2.12 bits per heavy atom. The van der Waals surface area contributed by atoms with Crippen LogP contribution in [0, 0.1) is 0 Å². The second kappa shape index (κ2) is 7.90. The zero-order chi connectivity index (χ0) is 16.9. The van der Waals surface area contributed by atoms with Crippen molar-refractivity contribution in [3.63, 3.8) is 0 Å². The summed E-state index contributed by atoms with van der Waals surface area (Å²) < 4.78 is 2.07. The molecule has 1 N–H and O–H groups in total. The lowest BCUT2D eigenvalue weighted by atomic mass is 10.3. The van der Waals surface area contributed by atoms with Gasteiger partial charge in [-0.2, -0.15) is 0 Å². The van der Waals surface area contributed by atoms with Crippen molar-refractivity contribution in [1.82, 2.24) is 14.8 Å². The summed E-state index contributed by atoms with van der Waals surface area (Å²) in [4.78, 5) is 13.3. The van der Waals surface area contributed by atoms with Gasteiger partial charge >= 0.3 is 0 Å². The van der Waals surface area contributed by atoms with Gasteiger partial charge in [0.15, 0.2) is 5.16 Å². The second-order valence-corrected chi connectivity index (χ2v) is 7.40. The maximum atomic E-state index is 12.1. The van der Waals surface area contributed by atoms with Crippen LogP contribution >= 0.6 is 23.5 Å². The van der Waals surface area contributed by atoms with Crippen LogP contribution in [0.15, 0.2) is 47.0 Å². The maximum absolute atomic E-state index is 12.1. The van der Waals surface area contributed by atoms with Crippen molar-refractivity contribution in [3.8, 4) is 0 Å². The third kappa shape index (κ3) is 4.21. The lowest BCUT2D eigenvalue weighted by Crippen LogP contribution is -2.14. The van der Waals surface area contributed by atoms with Crippen LogP contribution in [0.25, 0.3) is 0 Å². The highest BCUT2D eigenvalue weighted by molar-refractivity contribution is 7.99. The molecule has 0 radical (unpaired) electrons. The number of carbonyl (C=O) groups is 1. The van der Waals surface area contributed by atoms with E-state index in [9.17, 15) is 4.79 Å². The largest absolute Gasteiger partial charge is 0.325 e. The van der Waals surface area contributed by atoms with Gasteiger partial charge in [-0.25, -0.2) is 0 Å². The zero-order valence-corrected chi connectivity index (χ0v) is 15.2. The fraction of sp³-hybridized carbons (Fsp3) is 0.353. The lowest BCUT2D eigenvalue weighted by Gasteiger charge is -2.08. The summed E-state index contributed by atoms with van der Waals surface area (Å²) in [6.07, 6.45) is 6.21. The first-order valence-electron chi connectivity index (χ1n) is 7.82. The molecular weight excluding hydrogens is 340 g/mol. The van der Waals surface area contributed by atoms with Gasteiger partial charge in [0.2, 0.25) is 5.91 Å². The topological polar surface area (TPSA) is 59.8 Å². The van der Waals surface area contributed by atoms with Crippen LogP contribution in [-0.4, -0.2) is 32.7 Å². The summed E-state index contributed by atoms with van der Waals surface area (Å²) >= 11 is 3.09. The molecule has 0 bridgehead atoms. The molecule has 0 aliphatic heterocycles. The molecule has 1 aliphatic carbocycles. The molecule has 0 spiro atoms. The standard InChI is InChI=1S/C17H20N4OS2/c1-3-10-21-16(12-4-5-12)19-20-17(21)24-11-15(22)18-13-6-8-14(23-2)9-7-13/h3,6-9,12H,1,4-5,10-11H2,2H3,(H,18,22). The Morgan fingerprint density at radius 1 is 1.38 bits per heavy atom. The number of nitrogens with zero attached hydrogens (tertiary/aromatic N) is 3. The van der Waals surface area contributed by atoms with Gasteiger partial charge in [0.25, 0.3) is 0 Å². The van der Waals surface area contributed by atoms with Crippen molar-refractivity contribution >= 4 is 35.1 Å². The number of anilines is 1. The summed E-state index contributed by atoms with van der Waals surface area (Å²) in [5.74, 6) is 1.81. The van der Waals surface area contributed by atoms with E-state index in [2.05, 4.69) is 26.7 Å². The molecule has 1 fully saturated rings. The average molecular weight is 361 g/mol. The van der Waals surface area contributed by atoms with E-state index in [1.54, 1.807) is 11.8 Å². The third-order valence-electron chi connectivity index (χ3n) is 3.71. The minimum atomic E-state index is -0.0435. The molecule has 5 nitrogen and oxygen atoms in total. The van der Waals surface area contributed by atoms with Crippen molar-refractivity contribution in [1.29, 1.82) is 0 Å². The minimum absolute atomic E-state index is 0.0435. The predicted molar refractivity (Wildman–Crippen MR) is 99.8 cm³/mol. The molecule has 0 atom stereocenters. The summed E-state index contributed by atoms with van der Waals surface area (Å²) in [6, 6.07) is 7.83. The van der Waals surface area contributed by atoms with E-state index in [1.165, 1.54) is 29.5 Å². The summed E-state index contributed by atoms with van der Waals surface area (Å²) in [5.41, 5.74) is 0.810. The van der Waals surface area contributed by atoms with Gasteiger partial charge in [-0.1, -0.05) is 17.8 Å². The molecule has 1 aromatic heterocycles. The summed E-state index contributed by atoms with van der Waals surface area (Å²) in [5, 5.41) is 12.2. The van der Waals surface area contributed by atoms with Crippen molar-refractivity contribution in [2.75, 3.05) is 17.3 Å². The Hall–Kier alpha value is -1.73. The smallest absolute Gasteiger partial charge is 0.234 e. The highest BCUT2D eigenvalue weighted by atomic mass is 32.2. The molecule has 2 aromatic rings. The van der Waals surface area contributed by atoms with E-state index in [0.29, 0.717) is 18.2 Å². The van der Waals surface area contributed by atoms with Crippen molar-refractivity contribution in [2.45, 2.75) is 35.4 Å². The number of nitrogens with one attached hydrogen (secondary N) is 1. The first-order valence-corrected chi connectivity index (χ1v) is 10.0. The van der Waals surface area contributed by atoms with Crippen LogP contribution in [0.2, 0.25) is 0 Å². The van der Waals surface area contributed by atoms with Crippen LogP contribution in [0.5, 0.6) is 0 Å². The molecule has 1 aromatic carbocycles. The molecule has 1 amide bonds. The molecule has 7 heteroatoms.